The van der Waals surface area contributed by atoms with Gasteiger partial charge >= 0.3 is 0 Å². The van der Waals surface area contributed by atoms with Gasteiger partial charge in [-0.3, -0.25) is 0 Å². The molecule has 0 amide bonds. The van der Waals surface area contributed by atoms with E-state index in [0.717, 1.165) is 6.07 Å². The average molecular weight is 347 g/mol. The molecule has 0 aliphatic heterocycles. The molecule has 0 spiro atoms. The normalized spacial score (nSPS) is 10.4. The molecule has 0 saturated carbocycles. The summed E-state index contributed by atoms with van der Waals surface area (Å²) >= 11 is 3.03. The summed E-state index contributed by atoms with van der Waals surface area (Å²) in [6.07, 6.45) is 0. The molecule has 0 aromatic heterocycles. The van der Waals surface area contributed by atoms with Crippen LogP contribution in [0.2, 0.25) is 0 Å². The fourth-order valence-electron chi connectivity index (χ4n) is 1.56. The fraction of sp³-hybridized carbons (Fsp3) is 0.143. The van der Waals surface area contributed by atoms with Gasteiger partial charge in [-0.1, -0.05) is 15.9 Å². The van der Waals surface area contributed by atoms with Crippen LogP contribution >= 0.6 is 15.9 Å². The van der Waals surface area contributed by atoms with E-state index in [1.807, 2.05) is 0 Å². The lowest BCUT2D eigenvalue weighted by atomic mass is 10.2. The second kappa shape index (κ2) is 6.17. The monoisotopic (exact) mass is 346 g/mol. The highest BCUT2D eigenvalue weighted by molar-refractivity contribution is 9.10. The molecule has 2 aromatic rings. The Labute approximate surface area is 122 Å². The number of halogens is 4. The van der Waals surface area contributed by atoms with E-state index in [2.05, 4.69) is 15.9 Å². The Balaban J connectivity index is 2.17. The molecule has 0 aliphatic rings. The van der Waals surface area contributed by atoms with Crippen LogP contribution in [0.15, 0.2) is 34.8 Å². The maximum atomic E-state index is 13.7. The molecule has 0 bridgehead atoms. The van der Waals surface area contributed by atoms with Crippen molar-refractivity contribution in [1.29, 1.82) is 0 Å². The molecule has 0 N–H and O–H groups in total. The minimum Gasteiger partial charge on any atom is -0.497 e. The van der Waals surface area contributed by atoms with Crippen molar-refractivity contribution in [2.75, 3.05) is 7.11 Å². The number of rotatable bonds is 4. The molecule has 0 radical (unpaired) electrons. The maximum Gasteiger partial charge on any atom is 0.200 e. The van der Waals surface area contributed by atoms with E-state index in [9.17, 15) is 13.2 Å². The van der Waals surface area contributed by atoms with Crippen molar-refractivity contribution in [3.63, 3.8) is 0 Å². The van der Waals surface area contributed by atoms with E-state index in [1.165, 1.54) is 25.3 Å². The molecule has 0 atom stereocenters. The van der Waals surface area contributed by atoms with Gasteiger partial charge in [-0.25, -0.2) is 8.78 Å². The number of hydrogen-bond donors (Lipinski definition) is 0. The highest BCUT2D eigenvalue weighted by atomic mass is 79.9. The lowest BCUT2D eigenvalue weighted by Crippen LogP contribution is -2.01. The lowest BCUT2D eigenvalue weighted by Gasteiger charge is -2.10. The largest absolute Gasteiger partial charge is 0.497 e. The molecular formula is C14H10BrF3O2. The first-order valence-corrected chi connectivity index (χ1v) is 6.40. The highest BCUT2D eigenvalue weighted by Crippen LogP contribution is 2.26. The Hall–Kier alpha value is -1.69. The Morgan fingerprint density at radius 3 is 2.45 bits per heavy atom. The predicted octanol–water partition coefficient (Wildman–Crippen LogP) is 4.45. The molecule has 2 rings (SSSR count). The average Bonchev–Trinajstić information content (AvgIpc) is 2.42. The van der Waals surface area contributed by atoms with Gasteiger partial charge in [0.1, 0.15) is 18.2 Å². The van der Waals surface area contributed by atoms with E-state index < -0.39 is 17.5 Å². The Kier molecular flexibility index (Phi) is 4.54. The van der Waals surface area contributed by atoms with E-state index >= 15 is 0 Å². The first-order valence-electron chi connectivity index (χ1n) is 5.61. The zero-order chi connectivity index (χ0) is 14.7. The minimum absolute atomic E-state index is 0.214. The van der Waals surface area contributed by atoms with Gasteiger partial charge in [0.25, 0.3) is 0 Å². The Bertz CT molecular complexity index is 632. The van der Waals surface area contributed by atoms with Crippen LogP contribution in [0.1, 0.15) is 5.56 Å². The summed E-state index contributed by atoms with van der Waals surface area (Å²) in [6.45, 7) is -0.220. The maximum absolute atomic E-state index is 13.7. The van der Waals surface area contributed by atoms with Gasteiger partial charge in [-0.15, -0.1) is 0 Å². The van der Waals surface area contributed by atoms with Crippen molar-refractivity contribution in [3.8, 4) is 11.5 Å². The van der Waals surface area contributed by atoms with Crippen LogP contribution in [0.4, 0.5) is 13.2 Å². The van der Waals surface area contributed by atoms with Crippen LogP contribution < -0.4 is 9.47 Å². The SMILES string of the molecule is COc1ccc(COc2cc(Br)cc(F)c2F)c(F)c1. The summed E-state index contributed by atoms with van der Waals surface area (Å²) in [7, 11) is 1.42. The summed E-state index contributed by atoms with van der Waals surface area (Å²) in [6, 6.07) is 6.46. The number of methoxy groups -OCH3 is 1. The lowest BCUT2D eigenvalue weighted by molar-refractivity contribution is 0.279. The number of benzene rings is 2. The fourth-order valence-corrected chi connectivity index (χ4v) is 1.97. The first kappa shape index (κ1) is 14.7. The summed E-state index contributed by atoms with van der Waals surface area (Å²) in [5.74, 6) is -2.61. The van der Waals surface area contributed by atoms with E-state index in [0.29, 0.717) is 10.2 Å². The predicted molar refractivity (Wildman–Crippen MR) is 71.3 cm³/mol. The van der Waals surface area contributed by atoms with Crippen LogP contribution in [0.5, 0.6) is 11.5 Å². The molecule has 0 saturated heterocycles. The van der Waals surface area contributed by atoms with E-state index in [-0.39, 0.29) is 17.9 Å². The van der Waals surface area contributed by atoms with Crippen LogP contribution in [-0.2, 0) is 6.61 Å². The van der Waals surface area contributed by atoms with Crippen LogP contribution in [-0.4, -0.2) is 7.11 Å². The van der Waals surface area contributed by atoms with Gasteiger partial charge < -0.3 is 9.47 Å². The number of hydrogen-bond acceptors (Lipinski definition) is 2. The van der Waals surface area contributed by atoms with Gasteiger partial charge in [-0.05, 0) is 24.3 Å². The summed E-state index contributed by atoms with van der Waals surface area (Å²) < 4.78 is 50.6. The van der Waals surface area contributed by atoms with E-state index in [1.54, 1.807) is 6.07 Å². The minimum atomic E-state index is -1.11. The molecular weight excluding hydrogens is 337 g/mol. The molecule has 106 valence electrons. The molecule has 2 aromatic carbocycles. The van der Waals surface area contributed by atoms with Gasteiger partial charge in [0.2, 0.25) is 5.82 Å². The van der Waals surface area contributed by atoms with Gasteiger partial charge in [0.15, 0.2) is 11.6 Å². The molecule has 0 aliphatic carbocycles. The van der Waals surface area contributed by atoms with Crippen LogP contribution in [0.25, 0.3) is 0 Å². The molecule has 2 nitrogen and oxygen atoms in total. The second-order valence-corrected chi connectivity index (χ2v) is 4.86. The smallest absolute Gasteiger partial charge is 0.200 e. The standard InChI is InChI=1S/C14H10BrF3O2/c1-19-10-3-2-8(11(16)6-10)7-20-13-5-9(15)4-12(17)14(13)18/h2-6H,7H2,1H3. The van der Waals surface area contributed by atoms with Crippen molar-refractivity contribution < 1.29 is 22.6 Å². The third-order valence-corrected chi connectivity index (χ3v) is 3.06. The Morgan fingerprint density at radius 1 is 1.05 bits per heavy atom. The van der Waals surface area contributed by atoms with Crippen molar-refractivity contribution in [1.82, 2.24) is 0 Å². The third-order valence-electron chi connectivity index (χ3n) is 2.60. The van der Waals surface area contributed by atoms with Crippen molar-refractivity contribution >= 4 is 15.9 Å². The quantitative estimate of drug-likeness (QED) is 0.761. The molecule has 6 heteroatoms. The summed E-state index contributed by atoms with van der Waals surface area (Å²) in [5, 5.41) is 0. The zero-order valence-electron chi connectivity index (χ0n) is 10.4. The summed E-state index contributed by atoms with van der Waals surface area (Å²) in [4.78, 5) is 0. The molecule has 0 heterocycles. The van der Waals surface area contributed by atoms with Crippen LogP contribution in [0, 0.1) is 17.5 Å². The van der Waals surface area contributed by atoms with Gasteiger partial charge in [0.05, 0.1) is 7.11 Å². The molecule has 0 unspecified atom stereocenters. The van der Waals surface area contributed by atoms with Gasteiger partial charge in [0, 0.05) is 16.1 Å². The van der Waals surface area contributed by atoms with Crippen molar-refractivity contribution in [2.24, 2.45) is 0 Å². The molecule has 20 heavy (non-hydrogen) atoms. The van der Waals surface area contributed by atoms with E-state index in [4.69, 9.17) is 9.47 Å². The number of ether oxygens (including phenoxy) is 2. The van der Waals surface area contributed by atoms with Crippen molar-refractivity contribution in [3.05, 3.63) is 57.8 Å². The topological polar surface area (TPSA) is 18.5 Å². The second-order valence-electron chi connectivity index (χ2n) is 3.95. The summed E-state index contributed by atoms with van der Waals surface area (Å²) in [5.41, 5.74) is 0.214. The Morgan fingerprint density at radius 2 is 1.80 bits per heavy atom. The zero-order valence-corrected chi connectivity index (χ0v) is 12.0. The first-order chi connectivity index (χ1) is 9.51. The third kappa shape index (κ3) is 3.25. The van der Waals surface area contributed by atoms with Crippen LogP contribution in [0.3, 0.4) is 0 Å². The molecule has 0 fully saturated rings. The van der Waals surface area contributed by atoms with Crippen molar-refractivity contribution in [2.45, 2.75) is 6.61 Å². The highest BCUT2D eigenvalue weighted by Gasteiger charge is 2.12. The van der Waals surface area contributed by atoms with Gasteiger partial charge in [-0.2, -0.15) is 4.39 Å².